The third kappa shape index (κ3) is 4.47. The summed E-state index contributed by atoms with van der Waals surface area (Å²) in [6.45, 7) is 2.38. The average Bonchev–Trinajstić information content (AvgIpc) is 2.50. The maximum absolute atomic E-state index is 12.1. The minimum atomic E-state index is -3.70. The summed E-state index contributed by atoms with van der Waals surface area (Å²) in [6, 6.07) is 13.0. The topological polar surface area (TPSA) is 67.8 Å². The Labute approximate surface area is 134 Å². The summed E-state index contributed by atoms with van der Waals surface area (Å²) in [6.07, 6.45) is 1.41. The number of hydrogen-bond acceptors (Lipinski definition) is 4. The Kier molecular flexibility index (Phi) is 5.41. The maximum atomic E-state index is 12.1. The van der Waals surface area contributed by atoms with Gasteiger partial charge in [0, 0.05) is 5.02 Å². The van der Waals surface area contributed by atoms with Gasteiger partial charge in [0.05, 0.1) is 17.7 Å². The van der Waals surface area contributed by atoms with E-state index in [0.29, 0.717) is 17.4 Å². The molecule has 22 heavy (non-hydrogen) atoms. The van der Waals surface area contributed by atoms with Gasteiger partial charge < -0.3 is 4.74 Å². The van der Waals surface area contributed by atoms with Crippen LogP contribution in [0.2, 0.25) is 5.02 Å². The molecule has 0 saturated carbocycles. The number of benzene rings is 2. The Balaban J connectivity index is 2.05. The number of hydrogen-bond donors (Lipinski definition) is 1. The van der Waals surface area contributed by atoms with E-state index < -0.39 is 10.0 Å². The van der Waals surface area contributed by atoms with Crippen LogP contribution in [0.5, 0.6) is 5.75 Å². The van der Waals surface area contributed by atoms with Crippen LogP contribution in [0.1, 0.15) is 12.5 Å². The highest BCUT2D eigenvalue weighted by Gasteiger charge is 2.12. The number of hydrazone groups is 1. The van der Waals surface area contributed by atoms with Crippen LogP contribution >= 0.6 is 11.6 Å². The number of ether oxygens (including phenoxy) is 1. The zero-order valence-electron chi connectivity index (χ0n) is 11.9. The zero-order valence-corrected chi connectivity index (χ0v) is 13.4. The van der Waals surface area contributed by atoms with E-state index in [4.69, 9.17) is 16.3 Å². The fourth-order valence-electron chi connectivity index (χ4n) is 1.65. The molecule has 2 aromatic carbocycles. The van der Waals surface area contributed by atoms with E-state index in [-0.39, 0.29) is 4.90 Å². The Morgan fingerprint density at radius 2 is 1.77 bits per heavy atom. The first-order valence-corrected chi connectivity index (χ1v) is 8.40. The summed E-state index contributed by atoms with van der Waals surface area (Å²) >= 11 is 5.77. The van der Waals surface area contributed by atoms with Crippen molar-refractivity contribution in [2.24, 2.45) is 5.10 Å². The highest BCUT2D eigenvalue weighted by molar-refractivity contribution is 7.89. The molecule has 0 bridgehead atoms. The zero-order chi connectivity index (χ0) is 16.0. The molecule has 0 aromatic heterocycles. The van der Waals surface area contributed by atoms with Gasteiger partial charge in [-0.15, -0.1) is 0 Å². The molecule has 0 amide bonds. The molecule has 1 N–H and O–H groups in total. The molecule has 2 rings (SSSR count). The van der Waals surface area contributed by atoms with Crippen LogP contribution in [-0.2, 0) is 10.0 Å². The van der Waals surface area contributed by atoms with Crippen LogP contribution < -0.4 is 9.57 Å². The molecule has 7 heteroatoms. The van der Waals surface area contributed by atoms with E-state index >= 15 is 0 Å². The largest absolute Gasteiger partial charge is 0.494 e. The number of rotatable bonds is 6. The smallest absolute Gasteiger partial charge is 0.276 e. The summed E-state index contributed by atoms with van der Waals surface area (Å²) in [5, 5.41) is 4.34. The van der Waals surface area contributed by atoms with Crippen LogP contribution in [0.25, 0.3) is 0 Å². The van der Waals surface area contributed by atoms with Crippen LogP contribution in [0.3, 0.4) is 0 Å². The van der Waals surface area contributed by atoms with Crippen LogP contribution in [0.4, 0.5) is 0 Å². The fourth-order valence-corrected chi connectivity index (χ4v) is 2.57. The third-order valence-electron chi connectivity index (χ3n) is 2.70. The fraction of sp³-hybridized carbons (Fsp3) is 0.133. The number of sulfonamides is 1. The lowest BCUT2D eigenvalue weighted by Gasteiger charge is -2.05. The lowest BCUT2D eigenvalue weighted by Crippen LogP contribution is -2.18. The minimum Gasteiger partial charge on any atom is -0.494 e. The minimum absolute atomic E-state index is 0.115. The predicted molar refractivity (Wildman–Crippen MR) is 87.0 cm³/mol. The van der Waals surface area contributed by atoms with E-state index in [1.165, 1.54) is 18.3 Å². The maximum Gasteiger partial charge on any atom is 0.276 e. The lowest BCUT2D eigenvalue weighted by molar-refractivity contribution is 0.340. The molecule has 0 fully saturated rings. The second-order valence-corrected chi connectivity index (χ2v) is 6.41. The van der Waals surface area contributed by atoms with Crippen molar-refractivity contribution in [2.75, 3.05) is 6.61 Å². The van der Waals surface area contributed by atoms with Gasteiger partial charge in [-0.1, -0.05) is 23.7 Å². The third-order valence-corrected chi connectivity index (χ3v) is 4.19. The molecular formula is C15H15ClN2O3S. The molecule has 2 aromatic rings. The SMILES string of the molecule is CCOc1ccc(S(=O)(=O)N/N=C\c2ccc(Cl)cc2)cc1. The standard InChI is InChI=1S/C15H15ClN2O3S/c1-2-21-14-7-9-15(10-8-14)22(19,20)18-17-11-12-3-5-13(16)6-4-12/h3-11,18H,2H2,1H3/b17-11-. The highest BCUT2D eigenvalue weighted by atomic mass is 35.5. The van der Waals surface area contributed by atoms with Crippen molar-refractivity contribution < 1.29 is 13.2 Å². The Morgan fingerprint density at radius 3 is 2.36 bits per heavy atom. The number of nitrogens with one attached hydrogen (secondary N) is 1. The van der Waals surface area contributed by atoms with Gasteiger partial charge in [0.2, 0.25) is 0 Å². The van der Waals surface area contributed by atoms with Crippen molar-refractivity contribution in [3.05, 3.63) is 59.1 Å². The quantitative estimate of drug-likeness (QED) is 0.650. The van der Waals surface area contributed by atoms with E-state index in [2.05, 4.69) is 9.93 Å². The van der Waals surface area contributed by atoms with Crippen molar-refractivity contribution in [3.63, 3.8) is 0 Å². The molecule has 0 saturated heterocycles. The Morgan fingerprint density at radius 1 is 1.14 bits per heavy atom. The summed E-state index contributed by atoms with van der Waals surface area (Å²) in [4.78, 5) is 2.27. The van der Waals surface area contributed by atoms with Crippen molar-refractivity contribution in [3.8, 4) is 5.75 Å². The monoisotopic (exact) mass is 338 g/mol. The number of nitrogens with zero attached hydrogens (tertiary/aromatic N) is 1. The first-order valence-electron chi connectivity index (χ1n) is 6.54. The predicted octanol–water partition coefficient (Wildman–Crippen LogP) is 3.05. The first kappa shape index (κ1) is 16.3. The Hall–Kier alpha value is -2.05. The van der Waals surface area contributed by atoms with E-state index in [1.54, 1.807) is 36.4 Å². The average molecular weight is 339 g/mol. The molecule has 0 atom stereocenters. The van der Waals surface area contributed by atoms with Gasteiger partial charge in [0.15, 0.2) is 0 Å². The molecule has 0 aliphatic rings. The van der Waals surface area contributed by atoms with Gasteiger partial charge in [0.25, 0.3) is 10.0 Å². The van der Waals surface area contributed by atoms with Gasteiger partial charge in [-0.25, -0.2) is 4.83 Å². The van der Waals surface area contributed by atoms with Gasteiger partial charge in [-0.05, 0) is 48.9 Å². The molecule has 0 aliphatic heterocycles. The van der Waals surface area contributed by atoms with Crippen molar-refractivity contribution >= 4 is 27.8 Å². The van der Waals surface area contributed by atoms with E-state index in [9.17, 15) is 8.42 Å². The second kappa shape index (κ2) is 7.29. The lowest BCUT2D eigenvalue weighted by atomic mass is 10.2. The van der Waals surface area contributed by atoms with E-state index in [0.717, 1.165) is 5.56 Å². The van der Waals surface area contributed by atoms with Crippen molar-refractivity contribution in [1.82, 2.24) is 4.83 Å². The molecular weight excluding hydrogens is 324 g/mol. The molecule has 0 spiro atoms. The molecule has 0 heterocycles. The molecule has 0 unspecified atom stereocenters. The van der Waals surface area contributed by atoms with Gasteiger partial charge in [-0.2, -0.15) is 13.5 Å². The second-order valence-electron chi connectivity index (χ2n) is 4.31. The summed E-state index contributed by atoms with van der Waals surface area (Å²) in [7, 11) is -3.70. The van der Waals surface area contributed by atoms with Crippen molar-refractivity contribution in [1.29, 1.82) is 0 Å². The molecule has 5 nitrogen and oxygen atoms in total. The molecule has 0 aliphatic carbocycles. The van der Waals surface area contributed by atoms with Crippen molar-refractivity contribution in [2.45, 2.75) is 11.8 Å². The molecule has 0 radical (unpaired) electrons. The van der Waals surface area contributed by atoms with Crippen LogP contribution in [0.15, 0.2) is 58.5 Å². The van der Waals surface area contributed by atoms with Gasteiger partial charge in [0.1, 0.15) is 5.75 Å². The number of halogens is 1. The van der Waals surface area contributed by atoms with E-state index in [1.807, 2.05) is 6.92 Å². The van der Waals surface area contributed by atoms with Gasteiger partial charge in [-0.3, -0.25) is 0 Å². The van der Waals surface area contributed by atoms with Crippen LogP contribution in [-0.4, -0.2) is 21.2 Å². The summed E-state index contributed by atoms with van der Waals surface area (Å²) < 4.78 is 29.4. The van der Waals surface area contributed by atoms with Crippen LogP contribution in [0, 0.1) is 0 Å². The Bertz CT molecular complexity index is 741. The molecule has 116 valence electrons. The highest BCUT2D eigenvalue weighted by Crippen LogP contribution is 2.15. The summed E-state index contributed by atoms with van der Waals surface area (Å²) in [5.74, 6) is 0.617. The normalized spacial score (nSPS) is 11.5. The first-order chi connectivity index (χ1) is 10.5. The summed E-state index contributed by atoms with van der Waals surface area (Å²) in [5.41, 5.74) is 0.735. The van der Waals surface area contributed by atoms with Gasteiger partial charge >= 0.3 is 0 Å².